The van der Waals surface area contributed by atoms with Crippen LogP contribution in [0.15, 0.2) is 42.3 Å². The zero-order valence-corrected chi connectivity index (χ0v) is 22.5. The third-order valence-electron chi connectivity index (χ3n) is 7.57. The van der Waals surface area contributed by atoms with Crippen LogP contribution in [0.25, 0.3) is 22.2 Å². The third kappa shape index (κ3) is 5.23. The molecule has 1 saturated heterocycles. The fourth-order valence-corrected chi connectivity index (χ4v) is 5.93. The average Bonchev–Trinajstić information content (AvgIpc) is 3.45. The molecule has 1 unspecified atom stereocenters. The predicted octanol–water partition coefficient (Wildman–Crippen LogP) is 5.50. The first-order valence-corrected chi connectivity index (χ1v) is 13.6. The topological polar surface area (TPSA) is 87.5 Å². The zero-order chi connectivity index (χ0) is 26.1. The molecule has 1 fully saturated rings. The van der Waals surface area contributed by atoms with E-state index in [1.807, 2.05) is 18.7 Å². The number of nitrogens with two attached hydrogens (primary N) is 1. The molecule has 3 N–H and O–H groups in total. The van der Waals surface area contributed by atoms with Crippen LogP contribution in [-0.2, 0) is 9.53 Å². The van der Waals surface area contributed by atoms with E-state index in [-0.39, 0.29) is 6.23 Å². The molecule has 3 aromatic rings. The molecule has 2 aliphatic rings. The number of nitrogens with zero attached hydrogens (tertiary/aromatic N) is 3. The minimum atomic E-state index is -0.447. The maximum Gasteiger partial charge on any atom is 0.268 e. The van der Waals surface area contributed by atoms with E-state index in [4.69, 9.17) is 10.5 Å². The van der Waals surface area contributed by atoms with Crippen molar-refractivity contribution in [3.63, 3.8) is 0 Å². The molecular weight excluding hydrogens is 462 g/mol. The van der Waals surface area contributed by atoms with Crippen LogP contribution in [0.2, 0.25) is 0 Å². The number of fused-ring (bicyclic) bond motifs is 1. The summed E-state index contributed by atoms with van der Waals surface area (Å²) >= 11 is 0. The summed E-state index contributed by atoms with van der Waals surface area (Å²) in [6.45, 7) is 12.6. The molecule has 5 rings (SSSR count). The van der Waals surface area contributed by atoms with Crippen molar-refractivity contribution < 1.29 is 9.53 Å². The van der Waals surface area contributed by atoms with E-state index in [9.17, 15) is 4.79 Å². The first-order valence-electron chi connectivity index (χ1n) is 13.6. The van der Waals surface area contributed by atoms with E-state index in [0.29, 0.717) is 11.6 Å². The molecule has 4 heterocycles. The van der Waals surface area contributed by atoms with Crippen molar-refractivity contribution in [2.45, 2.75) is 65.5 Å². The van der Waals surface area contributed by atoms with E-state index in [1.54, 1.807) is 0 Å². The highest BCUT2D eigenvalue weighted by atomic mass is 16.5. The number of nitrogens with one attached hydrogen (secondary N) is 1. The fourth-order valence-electron chi connectivity index (χ4n) is 5.93. The first-order chi connectivity index (χ1) is 17.8. The normalized spacial score (nSPS) is 18.5. The van der Waals surface area contributed by atoms with Crippen molar-refractivity contribution in [1.29, 1.82) is 0 Å². The summed E-state index contributed by atoms with van der Waals surface area (Å²) in [6.07, 6.45) is 6.01. The van der Waals surface area contributed by atoms with Gasteiger partial charge in [-0.05, 0) is 88.5 Å². The molecule has 7 heteroatoms. The highest BCUT2D eigenvalue weighted by Crippen LogP contribution is 2.39. The van der Waals surface area contributed by atoms with E-state index in [0.717, 1.165) is 53.2 Å². The number of likely N-dealkylation sites (tertiary alicyclic amines) is 1. The van der Waals surface area contributed by atoms with Crippen molar-refractivity contribution in [2.24, 2.45) is 5.73 Å². The van der Waals surface area contributed by atoms with E-state index in [1.165, 1.54) is 49.6 Å². The van der Waals surface area contributed by atoms with Gasteiger partial charge < -0.3 is 25.3 Å². The second-order valence-corrected chi connectivity index (χ2v) is 10.8. The minimum Gasteiger partial charge on any atom is -0.471 e. The maximum absolute atomic E-state index is 12.2. The molecule has 0 saturated carbocycles. The van der Waals surface area contributed by atoms with Crippen LogP contribution in [0.4, 0.5) is 0 Å². The van der Waals surface area contributed by atoms with Crippen molar-refractivity contribution in [3.8, 4) is 11.3 Å². The standard InChI is InChI=1S/C30H39N5O2/c1-19(2)27-24-17-22(9-10-25(24)33-28(27)23-15-20(3)32-21(4)16-23)30-35(26(18-37-30)29(31)36)14-8-13-34-11-6-5-7-12-34/h9-10,15-19,30,33H,5-8,11-14H2,1-4H3,(H2,31,36). The highest BCUT2D eigenvalue weighted by Gasteiger charge is 2.32. The molecule has 1 amide bonds. The molecule has 2 aromatic heterocycles. The van der Waals surface area contributed by atoms with Gasteiger partial charge in [-0.3, -0.25) is 9.78 Å². The number of amides is 1. The Morgan fingerprint density at radius 2 is 1.84 bits per heavy atom. The smallest absolute Gasteiger partial charge is 0.268 e. The number of ether oxygens (including phenoxy) is 1. The number of benzene rings is 1. The van der Waals surface area contributed by atoms with Gasteiger partial charge in [-0.15, -0.1) is 0 Å². The van der Waals surface area contributed by atoms with Gasteiger partial charge in [0.1, 0.15) is 12.0 Å². The van der Waals surface area contributed by atoms with Crippen LogP contribution in [0.1, 0.15) is 74.2 Å². The number of hydrogen-bond donors (Lipinski definition) is 2. The second-order valence-electron chi connectivity index (χ2n) is 10.8. The SMILES string of the molecule is Cc1cc(-c2[nH]c3ccc(C4OC=C(C(N)=O)N4CCCN4CCCCC4)cc3c2C(C)C)cc(C)n1. The lowest BCUT2D eigenvalue weighted by Crippen LogP contribution is -2.35. The van der Waals surface area contributed by atoms with Crippen molar-refractivity contribution in [3.05, 3.63) is 64.8 Å². The van der Waals surface area contributed by atoms with Gasteiger partial charge in [0.15, 0.2) is 6.23 Å². The Bertz CT molecular complexity index is 1300. The number of aryl methyl sites for hydroxylation is 2. The molecule has 2 aliphatic heterocycles. The number of hydrogen-bond acceptors (Lipinski definition) is 5. The first kappa shape index (κ1) is 25.3. The van der Waals surface area contributed by atoms with Gasteiger partial charge in [-0.25, -0.2) is 0 Å². The van der Waals surface area contributed by atoms with Gasteiger partial charge in [0.2, 0.25) is 0 Å². The summed E-state index contributed by atoms with van der Waals surface area (Å²) in [5.74, 6) is -0.131. The van der Waals surface area contributed by atoms with E-state index < -0.39 is 5.91 Å². The van der Waals surface area contributed by atoms with Gasteiger partial charge in [0.05, 0.1) is 5.69 Å². The van der Waals surface area contributed by atoms with Crippen LogP contribution in [-0.4, -0.2) is 51.9 Å². The Hall–Kier alpha value is -3.32. The molecular formula is C30H39N5O2. The number of piperidine rings is 1. The van der Waals surface area contributed by atoms with Crippen LogP contribution < -0.4 is 5.73 Å². The number of rotatable bonds is 8. The Labute approximate surface area is 219 Å². The molecule has 0 radical (unpaired) electrons. The fraction of sp³-hybridized carbons (Fsp3) is 0.467. The van der Waals surface area contributed by atoms with Crippen molar-refractivity contribution >= 4 is 16.8 Å². The summed E-state index contributed by atoms with van der Waals surface area (Å²) in [5.41, 5.74) is 13.9. The quantitative estimate of drug-likeness (QED) is 0.425. The summed E-state index contributed by atoms with van der Waals surface area (Å²) in [5, 5.41) is 1.18. The lowest BCUT2D eigenvalue weighted by atomic mass is 9.95. The van der Waals surface area contributed by atoms with E-state index >= 15 is 0 Å². The number of H-pyrrole nitrogens is 1. The van der Waals surface area contributed by atoms with Gasteiger partial charge in [0, 0.05) is 40.0 Å². The monoisotopic (exact) mass is 501 g/mol. The summed E-state index contributed by atoms with van der Waals surface area (Å²) in [7, 11) is 0. The van der Waals surface area contributed by atoms with Crippen LogP contribution in [0.5, 0.6) is 0 Å². The van der Waals surface area contributed by atoms with Gasteiger partial charge >= 0.3 is 0 Å². The molecule has 196 valence electrons. The molecule has 37 heavy (non-hydrogen) atoms. The maximum atomic E-state index is 12.2. The summed E-state index contributed by atoms with van der Waals surface area (Å²) in [6, 6.07) is 10.7. The molecule has 0 bridgehead atoms. The van der Waals surface area contributed by atoms with E-state index in [2.05, 4.69) is 59.0 Å². The zero-order valence-electron chi connectivity index (χ0n) is 22.5. The Balaban J connectivity index is 1.45. The minimum absolute atomic E-state index is 0.317. The number of aromatic amines is 1. The van der Waals surface area contributed by atoms with Gasteiger partial charge in [0.25, 0.3) is 5.91 Å². The summed E-state index contributed by atoms with van der Waals surface area (Å²) in [4.78, 5) is 25.0. The number of carbonyl (C=O) groups excluding carboxylic acids is 1. The molecule has 0 spiro atoms. The molecule has 1 aromatic carbocycles. The van der Waals surface area contributed by atoms with Gasteiger partial charge in [-0.2, -0.15) is 0 Å². The Kier molecular flexibility index (Phi) is 7.24. The molecule has 7 nitrogen and oxygen atoms in total. The van der Waals surface area contributed by atoms with Crippen LogP contribution in [0, 0.1) is 13.8 Å². The predicted molar refractivity (Wildman–Crippen MR) is 148 cm³/mol. The Morgan fingerprint density at radius 3 is 2.51 bits per heavy atom. The lowest BCUT2D eigenvalue weighted by molar-refractivity contribution is -0.116. The van der Waals surface area contributed by atoms with Crippen molar-refractivity contribution in [2.75, 3.05) is 26.2 Å². The van der Waals surface area contributed by atoms with Gasteiger partial charge in [-0.1, -0.05) is 26.3 Å². The second kappa shape index (κ2) is 10.6. The van der Waals surface area contributed by atoms with Crippen molar-refractivity contribution in [1.82, 2.24) is 19.8 Å². The lowest BCUT2D eigenvalue weighted by Gasteiger charge is -2.30. The van der Waals surface area contributed by atoms with Crippen LogP contribution >= 0.6 is 0 Å². The molecule has 0 aliphatic carbocycles. The summed E-state index contributed by atoms with van der Waals surface area (Å²) < 4.78 is 6.07. The highest BCUT2D eigenvalue weighted by molar-refractivity contribution is 5.93. The number of primary amides is 1. The largest absolute Gasteiger partial charge is 0.471 e. The number of aromatic nitrogens is 2. The van der Waals surface area contributed by atoms with Crippen LogP contribution in [0.3, 0.4) is 0 Å². The third-order valence-corrected chi connectivity index (χ3v) is 7.57. The number of carbonyl (C=O) groups is 1. The Morgan fingerprint density at radius 1 is 1.11 bits per heavy atom. The number of pyridine rings is 1. The molecule has 1 atom stereocenters. The average molecular weight is 502 g/mol.